The molecule has 0 radical (unpaired) electrons. The molecule has 1 N–H and O–H groups in total. The van der Waals surface area contributed by atoms with Crippen molar-refractivity contribution >= 4 is 39.4 Å². The van der Waals surface area contributed by atoms with Gasteiger partial charge in [-0.05, 0) is 43.3 Å². The molecule has 34 heavy (non-hydrogen) atoms. The van der Waals surface area contributed by atoms with Crippen molar-refractivity contribution in [1.82, 2.24) is 4.57 Å². The van der Waals surface area contributed by atoms with Crippen LogP contribution in [0, 0.1) is 0 Å². The molecule has 4 rings (SSSR count). The molecule has 0 aliphatic rings. The number of benzene rings is 3. The van der Waals surface area contributed by atoms with E-state index in [2.05, 4.69) is 28.9 Å². The van der Waals surface area contributed by atoms with Crippen LogP contribution in [0.15, 0.2) is 54.6 Å². The molecule has 176 valence electrons. The topological polar surface area (TPSA) is 88.0 Å². The average molecular weight is 463 g/mol. The molecule has 0 fully saturated rings. The third kappa shape index (κ3) is 4.22. The first-order valence-electron chi connectivity index (χ1n) is 10.8. The maximum Gasteiger partial charge on any atom is 0.338 e. The normalized spacial score (nSPS) is 10.8. The Hall–Kier alpha value is -4.20. The van der Waals surface area contributed by atoms with Crippen LogP contribution in [0.5, 0.6) is 17.2 Å². The molecular weight excluding hydrogens is 436 g/mol. The van der Waals surface area contributed by atoms with Crippen molar-refractivity contribution in [3.8, 4) is 17.2 Å². The number of ether oxygens (including phenoxy) is 4. The van der Waals surface area contributed by atoms with Crippen molar-refractivity contribution in [3.63, 3.8) is 0 Å². The van der Waals surface area contributed by atoms with Gasteiger partial charge in [-0.15, -0.1) is 0 Å². The van der Waals surface area contributed by atoms with Gasteiger partial charge < -0.3 is 28.8 Å². The molecule has 1 heterocycles. The van der Waals surface area contributed by atoms with Gasteiger partial charge >= 0.3 is 5.97 Å². The lowest BCUT2D eigenvalue weighted by atomic mass is 10.1. The number of carbonyl (C=O) groups is 2. The predicted octanol–water partition coefficient (Wildman–Crippen LogP) is 4.64. The first-order chi connectivity index (χ1) is 16.5. The van der Waals surface area contributed by atoms with Crippen molar-refractivity contribution in [2.45, 2.75) is 13.5 Å². The van der Waals surface area contributed by atoms with Crippen LogP contribution >= 0.6 is 0 Å². The zero-order valence-corrected chi connectivity index (χ0v) is 19.5. The number of fused-ring (bicyclic) bond motifs is 3. The molecule has 4 aromatic rings. The van der Waals surface area contributed by atoms with E-state index in [0.29, 0.717) is 22.9 Å². The molecule has 8 nitrogen and oxygen atoms in total. The van der Waals surface area contributed by atoms with E-state index < -0.39 is 18.5 Å². The number of nitrogens with one attached hydrogen (secondary N) is 1. The number of rotatable bonds is 8. The van der Waals surface area contributed by atoms with Gasteiger partial charge in [0.2, 0.25) is 5.75 Å². The summed E-state index contributed by atoms with van der Waals surface area (Å²) in [6.45, 7) is 2.50. The van der Waals surface area contributed by atoms with Gasteiger partial charge in [-0.1, -0.05) is 18.2 Å². The summed E-state index contributed by atoms with van der Waals surface area (Å²) in [7, 11) is 4.38. The molecule has 0 saturated heterocycles. The van der Waals surface area contributed by atoms with Gasteiger partial charge in [0, 0.05) is 34.0 Å². The zero-order chi connectivity index (χ0) is 24.2. The molecular formula is C26H26N2O6. The Balaban J connectivity index is 1.48. The lowest BCUT2D eigenvalue weighted by Crippen LogP contribution is -2.21. The molecule has 0 aliphatic heterocycles. The summed E-state index contributed by atoms with van der Waals surface area (Å²) in [6, 6.07) is 16.9. The minimum Gasteiger partial charge on any atom is -0.493 e. The summed E-state index contributed by atoms with van der Waals surface area (Å²) in [6.07, 6.45) is 0. The van der Waals surface area contributed by atoms with Crippen LogP contribution in [-0.4, -0.2) is 44.4 Å². The molecule has 0 unspecified atom stereocenters. The first-order valence-corrected chi connectivity index (χ1v) is 10.8. The average Bonchev–Trinajstić information content (AvgIpc) is 3.19. The largest absolute Gasteiger partial charge is 0.493 e. The number of aryl methyl sites for hydroxylation is 1. The molecule has 1 aromatic heterocycles. The van der Waals surface area contributed by atoms with Crippen molar-refractivity contribution in [3.05, 3.63) is 60.2 Å². The fourth-order valence-corrected chi connectivity index (χ4v) is 4.08. The van der Waals surface area contributed by atoms with Crippen molar-refractivity contribution < 1.29 is 28.5 Å². The number of esters is 1. The third-order valence-electron chi connectivity index (χ3n) is 5.61. The summed E-state index contributed by atoms with van der Waals surface area (Å²) in [5.74, 6) is -0.134. The number of anilines is 1. The van der Waals surface area contributed by atoms with Crippen molar-refractivity contribution in [2.75, 3.05) is 33.3 Å². The molecule has 8 heteroatoms. The summed E-state index contributed by atoms with van der Waals surface area (Å²) >= 11 is 0. The van der Waals surface area contributed by atoms with E-state index in [9.17, 15) is 9.59 Å². The number of nitrogens with zero attached hydrogens (tertiary/aromatic N) is 1. The van der Waals surface area contributed by atoms with Crippen LogP contribution in [0.3, 0.4) is 0 Å². The fourth-order valence-electron chi connectivity index (χ4n) is 4.08. The van der Waals surface area contributed by atoms with Crippen LogP contribution < -0.4 is 19.5 Å². The van der Waals surface area contributed by atoms with E-state index in [1.807, 2.05) is 30.3 Å². The first kappa shape index (κ1) is 23.0. The van der Waals surface area contributed by atoms with Crippen LogP contribution in [0.1, 0.15) is 17.3 Å². The second kappa shape index (κ2) is 9.74. The van der Waals surface area contributed by atoms with E-state index in [1.165, 1.54) is 33.5 Å². The summed E-state index contributed by atoms with van der Waals surface area (Å²) in [5.41, 5.74) is 3.04. The minimum absolute atomic E-state index is 0.177. The quantitative estimate of drug-likeness (QED) is 0.384. The maximum atomic E-state index is 12.5. The zero-order valence-electron chi connectivity index (χ0n) is 19.5. The molecule has 3 aromatic carbocycles. The van der Waals surface area contributed by atoms with Crippen LogP contribution in [0.25, 0.3) is 21.8 Å². The van der Waals surface area contributed by atoms with E-state index in [1.54, 1.807) is 0 Å². The number of aromatic nitrogens is 1. The molecule has 0 spiro atoms. The Bertz CT molecular complexity index is 1350. The summed E-state index contributed by atoms with van der Waals surface area (Å²) < 4.78 is 23.2. The highest BCUT2D eigenvalue weighted by molar-refractivity contribution is 6.10. The highest BCUT2D eigenvalue weighted by atomic mass is 16.5. The Labute approximate surface area is 197 Å². The van der Waals surface area contributed by atoms with Crippen LogP contribution in [-0.2, 0) is 16.1 Å². The number of hydrogen-bond donors (Lipinski definition) is 1. The van der Waals surface area contributed by atoms with Gasteiger partial charge in [-0.25, -0.2) is 4.79 Å². The summed E-state index contributed by atoms with van der Waals surface area (Å²) in [5, 5.41) is 4.96. The minimum atomic E-state index is -0.684. The van der Waals surface area contributed by atoms with Gasteiger partial charge in [0.05, 0.1) is 26.9 Å². The number of carbonyl (C=O) groups excluding carboxylic acids is 2. The molecule has 0 atom stereocenters. The van der Waals surface area contributed by atoms with Gasteiger partial charge in [-0.3, -0.25) is 4.79 Å². The Morgan fingerprint density at radius 1 is 0.853 bits per heavy atom. The molecule has 0 bridgehead atoms. The monoisotopic (exact) mass is 462 g/mol. The van der Waals surface area contributed by atoms with Gasteiger partial charge in [-0.2, -0.15) is 0 Å². The lowest BCUT2D eigenvalue weighted by Gasteiger charge is -2.13. The van der Waals surface area contributed by atoms with E-state index in [-0.39, 0.29) is 5.56 Å². The second-order valence-corrected chi connectivity index (χ2v) is 7.53. The smallest absolute Gasteiger partial charge is 0.338 e. The number of methoxy groups -OCH3 is 3. The number of amides is 1. The highest BCUT2D eigenvalue weighted by Gasteiger charge is 2.19. The van der Waals surface area contributed by atoms with Crippen molar-refractivity contribution in [2.24, 2.45) is 0 Å². The van der Waals surface area contributed by atoms with Crippen molar-refractivity contribution in [1.29, 1.82) is 0 Å². The SMILES string of the molecule is CCn1c2ccccc2c2cc(NC(=O)COC(=O)c3cc(OC)c(OC)c(OC)c3)ccc21. The maximum absolute atomic E-state index is 12.5. The number of hydrogen-bond acceptors (Lipinski definition) is 6. The Kier molecular flexibility index (Phi) is 6.58. The predicted molar refractivity (Wildman–Crippen MR) is 130 cm³/mol. The van der Waals surface area contributed by atoms with E-state index >= 15 is 0 Å². The van der Waals surface area contributed by atoms with Gasteiger partial charge in [0.1, 0.15) is 0 Å². The second-order valence-electron chi connectivity index (χ2n) is 7.53. The highest BCUT2D eigenvalue weighted by Crippen LogP contribution is 2.38. The molecule has 0 saturated carbocycles. The van der Waals surface area contributed by atoms with Gasteiger partial charge in [0.15, 0.2) is 18.1 Å². The van der Waals surface area contributed by atoms with Crippen LogP contribution in [0.2, 0.25) is 0 Å². The third-order valence-corrected chi connectivity index (χ3v) is 5.61. The Morgan fingerprint density at radius 3 is 2.18 bits per heavy atom. The van der Waals surface area contributed by atoms with E-state index in [0.717, 1.165) is 28.4 Å². The lowest BCUT2D eigenvalue weighted by molar-refractivity contribution is -0.119. The summed E-state index contributed by atoms with van der Waals surface area (Å²) in [4.78, 5) is 25.0. The molecule has 0 aliphatic carbocycles. The van der Waals surface area contributed by atoms with Crippen LogP contribution in [0.4, 0.5) is 5.69 Å². The van der Waals surface area contributed by atoms with Gasteiger partial charge in [0.25, 0.3) is 5.91 Å². The fraction of sp³-hybridized carbons (Fsp3) is 0.231. The Morgan fingerprint density at radius 2 is 1.53 bits per heavy atom. The molecule has 1 amide bonds. The van der Waals surface area contributed by atoms with E-state index in [4.69, 9.17) is 18.9 Å². The number of para-hydroxylation sites is 1. The standard InChI is InChI=1S/C26H26N2O6/c1-5-28-20-9-7-6-8-18(20)19-14-17(10-11-21(19)28)27-24(29)15-34-26(30)16-12-22(31-2)25(33-4)23(13-16)32-3/h6-14H,5,15H2,1-4H3,(H,27,29).